The molecule has 0 spiro atoms. The highest BCUT2D eigenvalue weighted by Crippen LogP contribution is 2.30. The average molecular weight is 353 g/mol. The number of amides is 1. The van der Waals surface area contributed by atoms with Crippen LogP contribution in [0, 0.1) is 6.92 Å². The number of ether oxygens (including phenoxy) is 2. The molecule has 7 heteroatoms. The molecule has 0 aliphatic carbocycles. The van der Waals surface area contributed by atoms with E-state index in [0.29, 0.717) is 60.4 Å². The van der Waals surface area contributed by atoms with Crippen LogP contribution < -0.4 is 5.32 Å². The fraction of sp³-hybridized carbons (Fsp3) is 0.412. The summed E-state index contributed by atoms with van der Waals surface area (Å²) in [5, 5.41) is 7.36. The number of halogens is 1. The minimum Gasteiger partial charge on any atom is -0.382 e. The Morgan fingerprint density at radius 2 is 2.08 bits per heavy atom. The first-order valence-electron chi connectivity index (χ1n) is 7.71. The van der Waals surface area contributed by atoms with Crippen molar-refractivity contribution in [1.82, 2.24) is 10.5 Å². The van der Waals surface area contributed by atoms with Gasteiger partial charge in [-0.2, -0.15) is 0 Å². The third-order valence-electron chi connectivity index (χ3n) is 3.40. The summed E-state index contributed by atoms with van der Waals surface area (Å²) in [5.74, 6) is 0.222. The molecule has 2 aromatic rings. The standard InChI is InChI=1S/C17H21ClN2O4/c1-12-15(17(21)19-8-5-9-23-11-10-22-2)16(20-24-12)13-6-3-4-7-14(13)18/h3-4,6-7H,5,8-11H2,1-2H3,(H,19,21). The van der Waals surface area contributed by atoms with Crippen LogP contribution in [0.4, 0.5) is 0 Å². The van der Waals surface area contributed by atoms with E-state index in [4.69, 9.17) is 25.6 Å². The molecule has 0 saturated carbocycles. The summed E-state index contributed by atoms with van der Waals surface area (Å²) < 4.78 is 15.4. The van der Waals surface area contributed by atoms with Gasteiger partial charge < -0.3 is 19.3 Å². The van der Waals surface area contributed by atoms with Crippen molar-refractivity contribution < 1.29 is 18.8 Å². The second-order valence-corrected chi connectivity index (χ2v) is 5.56. The molecule has 1 amide bonds. The molecule has 0 saturated heterocycles. The summed E-state index contributed by atoms with van der Waals surface area (Å²) in [5.41, 5.74) is 1.53. The molecule has 130 valence electrons. The van der Waals surface area contributed by atoms with Crippen molar-refractivity contribution in [3.8, 4) is 11.3 Å². The second-order valence-electron chi connectivity index (χ2n) is 5.16. The first-order chi connectivity index (χ1) is 11.6. The molecule has 0 aliphatic rings. The van der Waals surface area contributed by atoms with E-state index in [9.17, 15) is 4.79 Å². The zero-order chi connectivity index (χ0) is 17.4. The normalized spacial score (nSPS) is 10.8. The summed E-state index contributed by atoms with van der Waals surface area (Å²) >= 11 is 6.19. The average Bonchev–Trinajstić information content (AvgIpc) is 2.96. The number of hydrogen-bond acceptors (Lipinski definition) is 5. The highest BCUT2D eigenvalue weighted by atomic mass is 35.5. The van der Waals surface area contributed by atoms with E-state index in [1.165, 1.54) is 0 Å². The Labute approximate surface area is 146 Å². The number of benzene rings is 1. The third kappa shape index (κ3) is 4.80. The quantitative estimate of drug-likeness (QED) is 0.702. The van der Waals surface area contributed by atoms with Crippen molar-refractivity contribution >= 4 is 17.5 Å². The minimum atomic E-state index is -0.236. The van der Waals surface area contributed by atoms with Crippen molar-refractivity contribution in [3.63, 3.8) is 0 Å². The van der Waals surface area contributed by atoms with E-state index < -0.39 is 0 Å². The molecule has 24 heavy (non-hydrogen) atoms. The first kappa shape index (κ1) is 18.4. The fourth-order valence-electron chi connectivity index (χ4n) is 2.19. The number of carbonyl (C=O) groups excluding carboxylic acids is 1. The van der Waals surface area contributed by atoms with Gasteiger partial charge in [-0.3, -0.25) is 4.79 Å². The number of rotatable bonds is 9. The Morgan fingerprint density at radius 1 is 1.29 bits per heavy atom. The van der Waals surface area contributed by atoms with E-state index in [1.807, 2.05) is 12.1 Å². The van der Waals surface area contributed by atoms with Crippen molar-refractivity contribution in [3.05, 3.63) is 40.6 Å². The summed E-state index contributed by atoms with van der Waals surface area (Å²) in [6.07, 6.45) is 0.710. The largest absolute Gasteiger partial charge is 0.382 e. The minimum absolute atomic E-state index is 0.236. The maximum absolute atomic E-state index is 12.5. The number of nitrogens with one attached hydrogen (secondary N) is 1. The Kier molecular flexibility index (Phi) is 7.24. The van der Waals surface area contributed by atoms with Crippen LogP contribution in [-0.4, -0.2) is 44.5 Å². The van der Waals surface area contributed by atoms with Gasteiger partial charge in [-0.05, 0) is 19.4 Å². The van der Waals surface area contributed by atoms with Crippen LogP contribution in [0.25, 0.3) is 11.3 Å². The molecule has 0 atom stereocenters. The van der Waals surface area contributed by atoms with Gasteiger partial charge in [0.05, 0.1) is 18.2 Å². The predicted octanol–water partition coefficient (Wildman–Crippen LogP) is 3.09. The van der Waals surface area contributed by atoms with Crippen molar-refractivity contribution in [2.75, 3.05) is 33.5 Å². The Balaban J connectivity index is 1.96. The molecule has 6 nitrogen and oxygen atoms in total. The maximum Gasteiger partial charge on any atom is 0.257 e. The van der Waals surface area contributed by atoms with Gasteiger partial charge in [0.2, 0.25) is 0 Å². The Morgan fingerprint density at radius 3 is 2.83 bits per heavy atom. The lowest BCUT2D eigenvalue weighted by Crippen LogP contribution is -2.26. The smallest absolute Gasteiger partial charge is 0.257 e. The van der Waals surface area contributed by atoms with Crippen molar-refractivity contribution in [2.24, 2.45) is 0 Å². The lowest BCUT2D eigenvalue weighted by atomic mass is 10.1. The first-order valence-corrected chi connectivity index (χ1v) is 8.09. The predicted molar refractivity (Wildman–Crippen MR) is 91.3 cm³/mol. The zero-order valence-electron chi connectivity index (χ0n) is 13.8. The molecular weight excluding hydrogens is 332 g/mol. The van der Waals surface area contributed by atoms with Crippen LogP contribution in [0.3, 0.4) is 0 Å². The van der Waals surface area contributed by atoms with Crippen LogP contribution in [-0.2, 0) is 9.47 Å². The van der Waals surface area contributed by atoms with Crippen LogP contribution in [0.1, 0.15) is 22.5 Å². The molecule has 1 aromatic heterocycles. The number of carbonyl (C=O) groups is 1. The van der Waals surface area contributed by atoms with E-state index >= 15 is 0 Å². The third-order valence-corrected chi connectivity index (χ3v) is 3.73. The molecule has 1 heterocycles. The molecule has 1 N–H and O–H groups in total. The van der Waals surface area contributed by atoms with Gasteiger partial charge in [-0.25, -0.2) is 0 Å². The fourth-order valence-corrected chi connectivity index (χ4v) is 2.41. The maximum atomic E-state index is 12.5. The SMILES string of the molecule is COCCOCCCNC(=O)c1c(-c2ccccc2Cl)noc1C. The number of aryl methyl sites for hydroxylation is 1. The highest BCUT2D eigenvalue weighted by molar-refractivity contribution is 6.33. The second kappa shape index (κ2) is 9.42. The molecule has 1 aromatic carbocycles. The molecule has 0 unspecified atom stereocenters. The molecule has 2 rings (SSSR count). The van der Waals surface area contributed by atoms with Gasteiger partial charge in [-0.1, -0.05) is 35.0 Å². The Hall–Kier alpha value is -1.89. The highest BCUT2D eigenvalue weighted by Gasteiger charge is 2.22. The summed E-state index contributed by atoms with van der Waals surface area (Å²) in [7, 11) is 1.63. The van der Waals surface area contributed by atoms with E-state index in [0.717, 1.165) is 0 Å². The molecule has 0 radical (unpaired) electrons. The lowest BCUT2D eigenvalue weighted by molar-refractivity contribution is 0.0688. The number of aromatic nitrogens is 1. The van der Waals surface area contributed by atoms with E-state index in [2.05, 4.69) is 10.5 Å². The van der Waals surface area contributed by atoms with Gasteiger partial charge in [0, 0.05) is 25.8 Å². The van der Waals surface area contributed by atoms with Crippen molar-refractivity contribution in [2.45, 2.75) is 13.3 Å². The number of methoxy groups -OCH3 is 1. The Bertz CT molecular complexity index is 672. The topological polar surface area (TPSA) is 73.6 Å². The van der Waals surface area contributed by atoms with Crippen molar-refractivity contribution in [1.29, 1.82) is 0 Å². The van der Waals surface area contributed by atoms with Crippen LogP contribution in [0.2, 0.25) is 5.02 Å². The summed E-state index contributed by atoms with van der Waals surface area (Å²) in [4.78, 5) is 12.5. The van der Waals surface area contributed by atoms with Gasteiger partial charge >= 0.3 is 0 Å². The van der Waals surface area contributed by atoms with Gasteiger partial charge in [0.25, 0.3) is 5.91 Å². The van der Waals surface area contributed by atoms with E-state index in [-0.39, 0.29) is 5.91 Å². The summed E-state index contributed by atoms with van der Waals surface area (Å²) in [6.45, 7) is 3.87. The van der Waals surface area contributed by atoms with Crippen LogP contribution in [0.15, 0.2) is 28.8 Å². The van der Waals surface area contributed by atoms with Crippen LogP contribution >= 0.6 is 11.6 Å². The van der Waals surface area contributed by atoms with Gasteiger partial charge in [-0.15, -0.1) is 0 Å². The molecule has 0 aliphatic heterocycles. The lowest BCUT2D eigenvalue weighted by Gasteiger charge is -2.07. The van der Waals surface area contributed by atoms with Gasteiger partial charge in [0.15, 0.2) is 0 Å². The molecule has 0 fully saturated rings. The zero-order valence-corrected chi connectivity index (χ0v) is 14.6. The number of nitrogens with zero attached hydrogens (tertiary/aromatic N) is 1. The summed E-state index contributed by atoms with van der Waals surface area (Å²) in [6, 6.07) is 7.21. The van der Waals surface area contributed by atoms with Crippen LogP contribution in [0.5, 0.6) is 0 Å². The van der Waals surface area contributed by atoms with Gasteiger partial charge in [0.1, 0.15) is 17.0 Å². The molecular formula is C17H21ClN2O4. The molecule has 0 bridgehead atoms. The number of hydrogen-bond donors (Lipinski definition) is 1. The van der Waals surface area contributed by atoms with E-state index in [1.54, 1.807) is 26.2 Å². The monoisotopic (exact) mass is 352 g/mol.